The van der Waals surface area contributed by atoms with Gasteiger partial charge in [0.15, 0.2) is 19.8 Å². The van der Waals surface area contributed by atoms with Crippen LogP contribution in [0.15, 0.2) is 53.4 Å². The van der Waals surface area contributed by atoms with Crippen LogP contribution in [0.25, 0.3) is 0 Å². The Bertz CT molecular complexity index is 1310. The molecule has 1 aliphatic heterocycles. The minimum atomic E-state index is -4.32. The molecular formula is C30H46N2O8SSi. The number of amides is 1. The second-order valence-electron chi connectivity index (χ2n) is 13.1. The summed E-state index contributed by atoms with van der Waals surface area (Å²) in [6.07, 6.45) is -1.05. The molecule has 3 rings (SSSR count). The summed E-state index contributed by atoms with van der Waals surface area (Å²) in [6, 6.07) is 12.9. The van der Waals surface area contributed by atoms with Crippen molar-refractivity contribution in [1.29, 1.82) is 0 Å². The Morgan fingerprint density at radius 3 is 2.33 bits per heavy atom. The topological polar surface area (TPSA) is 124 Å². The van der Waals surface area contributed by atoms with E-state index < -0.39 is 42.0 Å². The minimum Gasteiger partial charge on any atom is -0.454 e. The van der Waals surface area contributed by atoms with E-state index in [0.717, 1.165) is 5.56 Å². The smallest absolute Gasteiger partial charge is 0.427 e. The third kappa shape index (κ3) is 8.93. The average Bonchev–Trinajstić information content (AvgIpc) is 3.35. The summed E-state index contributed by atoms with van der Waals surface area (Å²) in [5.74, 6) is 0.725. The first-order chi connectivity index (χ1) is 19.4. The maximum absolute atomic E-state index is 13.9. The molecular weight excluding hydrogens is 576 g/mol. The highest BCUT2D eigenvalue weighted by molar-refractivity contribution is 7.89. The van der Waals surface area contributed by atoms with Gasteiger partial charge >= 0.3 is 6.09 Å². The Kier molecular flexibility index (Phi) is 10.7. The largest absolute Gasteiger partial charge is 0.454 e. The molecule has 2 N–H and O–H groups in total. The number of fused-ring (bicyclic) bond motifs is 1. The van der Waals surface area contributed by atoms with E-state index in [1.54, 1.807) is 6.92 Å². The maximum Gasteiger partial charge on any atom is 0.427 e. The van der Waals surface area contributed by atoms with Crippen molar-refractivity contribution in [3.05, 3.63) is 54.1 Å². The van der Waals surface area contributed by atoms with E-state index in [4.69, 9.17) is 18.7 Å². The zero-order valence-electron chi connectivity index (χ0n) is 26.0. The molecule has 1 aliphatic rings. The number of nitrogens with zero attached hydrogens (tertiary/aromatic N) is 1. The van der Waals surface area contributed by atoms with Crippen LogP contribution in [0.2, 0.25) is 18.1 Å². The van der Waals surface area contributed by atoms with Gasteiger partial charge in [-0.15, -0.1) is 0 Å². The minimum absolute atomic E-state index is 0.00907. The zero-order valence-corrected chi connectivity index (χ0v) is 27.8. The Labute approximate surface area is 251 Å². The zero-order chi connectivity index (χ0) is 31.3. The van der Waals surface area contributed by atoms with Crippen LogP contribution < -0.4 is 14.8 Å². The molecule has 0 saturated heterocycles. The number of hydroxylamine groups is 1. The van der Waals surface area contributed by atoms with Crippen LogP contribution in [0.4, 0.5) is 4.79 Å². The Morgan fingerprint density at radius 1 is 1.07 bits per heavy atom. The van der Waals surface area contributed by atoms with Crippen molar-refractivity contribution in [2.75, 3.05) is 19.9 Å². The number of aliphatic hydroxyl groups is 1. The number of aliphatic hydroxyl groups excluding tert-OH is 1. The fraction of sp³-hybridized carbons (Fsp3) is 0.567. The second-order valence-corrected chi connectivity index (χ2v) is 19.7. The molecule has 234 valence electrons. The number of hydrogen-bond donors (Lipinski definition) is 2. The first kappa shape index (κ1) is 33.9. The lowest BCUT2D eigenvalue weighted by atomic mass is 9.90. The standard InChI is InChI=1S/C30H46N2O8SSi/c1-22(33)25(18-23-12-10-9-11-13-23)31-28(34)40-32(20-30(5,6)16-17-39-42(7,8)29(2,3)4)41(35,36)24-14-15-26-27(19-24)38-21-37-26/h9-15,19,22,25,33H,16-18,20-21H2,1-8H3,(H,31,34). The van der Waals surface area contributed by atoms with Crippen LogP contribution in [-0.4, -0.2) is 64.5 Å². The van der Waals surface area contributed by atoms with Gasteiger partial charge in [0, 0.05) is 12.7 Å². The van der Waals surface area contributed by atoms with Gasteiger partial charge in [-0.1, -0.05) is 65.0 Å². The fourth-order valence-corrected chi connectivity index (χ4v) is 6.49. The SMILES string of the molecule is CC(O)C(Cc1ccccc1)NC(=O)ON(CC(C)(C)CCO[Si](C)(C)C(C)(C)C)S(=O)(=O)c1ccc2c(c1)OCO2. The monoisotopic (exact) mass is 622 g/mol. The number of hydrogen-bond acceptors (Lipinski definition) is 8. The highest BCUT2D eigenvalue weighted by Gasteiger charge is 2.39. The molecule has 12 heteroatoms. The number of rotatable bonds is 13. The van der Waals surface area contributed by atoms with Crippen LogP contribution in [0.3, 0.4) is 0 Å². The van der Waals surface area contributed by atoms with Crippen molar-refractivity contribution in [3.8, 4) is 11.5 Å². The quantitative estimate of drug-likeness (QED) is 0.223. The van der Waals surface area contributed by atoms with Crippen molar-refractivity contribution < 1.29 is 37.1 Å². The highest BCUT2D eigenvalue weighted by atomic mass is 32.2. The number of nitrogens with one attached hydrogen (secondary N) is 1. The molecule has 0 aliphatic carbocycles. The van der Waals surface area contributed by atoms with E-state index >= 15 is 0 Å². The first-order valence-corrected chi connectivity index (χ1v) is 18.5. The van der Waals surface area contributed by atoms with Crippen LogP contribution in [-0.2, 0) is 25.7 Å². The molecule has 2 unspecified atom stereocenters. The lowest BCUT2D eigenvalue weighted by molar-refractivity contribution is -0.0485. The fourth-order valence-electron chi connectivity index (χ4n) is 4.03. The summed E-state index contributed by atoms with van der Waals surface area (Å²) < 4.78 is 45.5. The molecule has 42 heavy (non-hydrogen) atoms. The number of carbonyl (C=O) groups is 1. The predicted octanol–water partition coefficient (Wildman–Crippen LogP) is 5.48. The van der Waals surface area contributed by atoms with E-state index in [1.807, 2.05) is 44.2 Å². The van der Waals surface area contributed by atoms with Gasteiger partial charge < -0.3 is 29.2 Å². The van der Waals surface area contributed by atoms with Gasteiger partial charge in [0.2, 0.25) is 6.79 Å². The first-order valence-electron chi connectivity index (χ1n) is 14.2. The lowest BCUT2D eigenvalue weighted by Crippen LogP contribution is -2.48. The number of sulfonamides is 1. The van der Waals surface area contributed by atoms with Gasteiger partial charge in [-0.25, -0.2) is 13.2 Å². The van der Waals surface area contributed by atoms with E-state index in [9.17, 15) is 18.3 Å². The molecule has 0 aromatic heterocycles. The summed E-state index contributed by atoms with van der Waals surface area (Å²) in [5, 5.41) is 13.0. The molecule has 2 aromatic rings. The molecule has 2 atom stereocenters. The molecule has 0 fully saturated rings. The van der Waals surface area contributed by atoms with Gasteiger partial charge in [0.05, 0.1) is 23.6 Å². The molecule has 0 spiro atoms. The predicted molar refractivity (Wildman–Crippen MR) is 163 cm³/mol. The van der Waals surface area contributed by atoms with E-state index in [-0.39, 0.29) is 23.3 Å². The normalized spacial score (nSPS) is 15.4. The van der Waals surface area contributed by atoms with Crippen molar-refractivity contribution in [2.45, 2.75) is 89.6 Å². The number of carbonyl (C=O) groups excluding carboxylic acids is 1. The molecule has 0 saturated carbocycles. The molecule has 0 radical (unpaired) electrons. The maximum atomic E-state index is 13.9. The van der Waals surface area contributed by atoms with Gasteiger partial charge in [-0.2, -0.15) is 0 Å². The molecule has 2 aromatic carbocycles. The summed E-state index contributed by atoms with van der Waals surface area (Å²) >= 11 is 0. The third-order valence-electron chi connectivity index (χ3n) is 7.88. The Hall–Kier alpha value is -2.64. The summed E-state index contributed by atoms with van der Waals surface area (Å²) in [6.45, 7) is 16.5. The number of benzene rings is 2. The van der Waals surface area contributed by atoms with Crippen molar-refractivity contribution in [3.63, 3.8) is 0 Å². The van der Waals surface area contributed by atoms with Crippen molar-refractivity contribution in [2.24, 2.45) is 5.41 Å². The van der Waals surface area contributed by atoms with Gasteiger partial charge in [0.1, 0.15) is 0 Å². The second kappa shape index (κ2) is 13.3. The van der Waals surface area contributed by atoms with Crippen LogP contribution in [0, 0.1) is 5.41 Å². The lowest BCUT2D eigenvalue weighted by Gasteiger charge is -2.37. The van der Waals surface area contributed by atoms with Gasteiger partial charge in [0.25, 0.3) is 10.0 Å². The summed E-state index contributed by atoms with van der Waals surface area (Å²) in [4.78, 5) is 18.6. The van der Waals surface area contributed by atoms with E-state index in [2.05, 4.69) is 39.2 Å². The molecule has 0 bridgehead atoms. The summed E-state index contributed by atoms with van der Waals surface area (Å²) in [5.41, 5.74) is 0.274. The molecule has 1 heterocycles. The molecule has 1 amide bonds. The number of ether oxygens (including phenoxy) is 2. The van der Waals surface area contributed by atoms with Gasteiger partial charge in [-0.3, -0.25) is 0 Å². The third-order valence-corrected chi connectivity index (χ3v) is 14.0. The van der Waals surface area contributed by atoms with E-state index in [0.29, 0.717) is 35.4 Å². The van der Waals surface area contributed by atoms with Crippen LogP contribution in [0.1, 0.15) is 53.5 Å². The summed E-state index contributed by atoms with van der Waals surface area (Å²) in [7, 11) is -6.33. The van der Waals surface area contributed by atoms with E-state index in [1.165, 1.54) is 18.2 Å². The van der Waals surface area contributed by atoms with Crippen LogP contribution in [0.5, 0.6) is 11.5 Å². The highest BCUT2D eigenvalue weighted by Crippen LogP contribution is 2.38. The van der Waals surface area contributed by atoms with Crippen molar-refractivity contribution in [1.82, 2.24) is 9.79 Å². The molecule has 10 nitrogen and oxygen atoms in total. The van der Waals surface area contributed by atoms with Crippen LogP contribution >= 0.6 is 0 Å². The van der Waals surface area contributed by atoms with Crippen molar-refractivity contribution >= 4 is 24.4 Å². The average molecular weight is 623 g/mol. The Morgan fingerprint density at radius 2 is 1.71 bits per heavy atom. The Balaban J connectivity index is 1.82. The van der Waals surface area contributed by atoms with Gasteiger partial charge in [-0.05, 0) is 65.5 Å².